The zero-order valence-electron chi connectivity index (χ0n) is 20.4. The largest absolute Gasteiger partial charge is 0.368 e. The van der Waals surface area contributed by atoms with Gasteiger partial charge < -0.3 is 14.7 Å². The maximum Gasteiger partial charge on any atom is 0.256 e. The molecule has 186 valence electrons. The van der Waals surface area contributed by atoms with Gasteiger partial charge >= 0.3 is 0 Å². The fourth-order valence-corrected chi connectivity index (χ4v) is 6.96. The molecule has 3 heterocycles. The van der Waals surface area contributed by atoms with Crippen LogP contribution in [0.5, 0.6) is 0 Å². The summed E-state index contributed by atoms with van der Waals surface area (Å²) >= 11 is 0. The molecule has 2 amide bonds. The molecule has 0 aromatic heterocycles. The normalized spacial score (nSPS) is 20.1. The SMILES string of the molecule is Cc1ccc(N2CCN(C(=O)c3ccc(N4CCCC4=O)cc3N3CCCS3(=O)=O)CC2)c(C)c1. The maximum absolute atomic E-state index is 13.6. The van der Waals surface area contributed by atoms with Crippen molar-refractivity contribution in [3.05, 3.63) is 53.1 Å². The third-order valence-corrected chi connectivity index (χ3v) is 9.08. The summed E-state index contributed by atoms with van der Waals surface area (Å²) < 4.78 is 26.9. The molecule has 35 heavy (non-hydrogen) atoms. The average Bonchev–Trinajstić information content (AvgIpc) is 3.42. The summed E-state index contributed by atoms with van der Waals surface area (Å²) in [7, 11) is -3.48. The molecular weight excluding hydrogens is 464 g/mol. The molecule has 0 spiro atoms. The van der Waals surface area contributed by atoms with Crippen molar-refractivity contribution >= 4 is 38.9 Å². The van der Waals surface area contributed by atoms with Gasteiger partial charge in [-0.2, -0.15) is 0 Å². The van der Waals surface area contributed by atoms with Gasteiger partial charge in [0.2, 0.25) is 15.9 Å². The minimum Gasteiger partial charge on any atom is -0.368 e. The summed E-state index contributed by atoms with van der Waals surface area (Å²) in [5.41, 5.74) is 5.06. The first kappa shape index (κ1) is 23.7. The lowest BCUT2D eigenvalue weighted by Crippen LogP contribution is -2.49. The summed E-state index contributed by atoms with van der Waals surface area (Å²) in [4.78, 5) is 31.7. The molecule has 3 fully saturated rings. The molecule has 3 aliphatic heterocycles. The van der Waals surface area contributed by atoms with Crippen LogP contribution < -0.4 is 14.1 Å². The summed E-state index contributed by atoms with van der Waals surface area (Å²) in [5, 5.41) is 0. The predicted octanol–water partition coefficient (Wildman–Crippen LogP) is 2.93. The van der Waals surface area contributed by atoms with Crippen molar-refractivity contribution in [1.82, 2.24) is 4.90 Å². The van der Waals surface area contributed by atoms with Crippen LogP contribution in [0.2, 0.25) is 0 Å². The van der Waals surface area contributed by atoms with Crippen LogP contribution in [0, 0.1) is 13.8 Å². The van der Waals surface area contributed by atoms with Gasteiger partial charge in [-0.15, -0.1) is 0 Å². The molecule has 0 radical (unpaired) electrons. The van der Waals surface area contributed by atoms with E-state index in [2.05, 4.69) is 36.9 Å². The smallest absolute Gasteiger partial charge is 0.256 e. The van der Waals surface area contributed by atoms with E-state index in [9.17, 15) is 18.0 Å². The average molecular weight is 497 g/mol. The fraction of sp³-hybridized carbons (Fsp3) is 0.462. The van der Waals surface area contributed by atoms with Crippen LogP contribution in [-0.2, 0) is 14.8 Å². The number of hydrogen-bond donors (Lipinski definition) is 0. The van der Waals surface area contributed by atoms with Gasteiger partial charge in [-0.05, 0) is 56.5 Å². The summed E-state index contributed by atoms with van der Waals surface area (Å²) in [5.74, 6) is -0.0641. The molecule has 0 aliphatic carbocycles. The first-order chi connectivity index (χ1) is 16.7. The Bertz CT molecular complexity index is 1270. The van der Waals surface area contributed by atoms with Gasteiger partial charge in [0, 0.05) is 57.1 Å². The van der Waals surface area contributed by atoms with Crippen molar-refractivity contribution in [1.29, 1.82) is 0 Å². The van der Waals surface area contributed by atoms with Crippen molar-refractivity contribution in [3.63, 3.8) is 0 Å². The monoisotopic (exact) mass is 496 g/mol. The van der Waals surface area contributed by atoms with Gasteiger partial charge in [0.15, 0.2) is 0 Å². The van der Waals surface area contributed by atoms with E-state index in [-0.39, 0.29) is 17.6 Å². The van der Waals surface area contributed by atoms with Crippen molar-refractivity contribution in [2.24, 2.45) is 0 Å². The first-order valence-electron chi connectivity index (χ1n) is 12.3. The quantitative estimate of drug-likeness (QED) is 0.650. The number of anilines is 3. The van der Waals surface area contributed by atoms with Crippen LogP contribution in [0.4, 0.5) is 17.1 Å². The molecule has 3 saturated heterocycles. The molecule has 0 N–H and O–H groups in total. The third-order valence-electron chi connectivity index (χ3n) is 7.22. The Morgan fingerprint density at radius 3 is 2.26 bits per heavy atom. The lowest BCUT2D eigenvalue weighted by molar-refractivity contribution is -0.117. The Morgan fingerprint density at radius 2 is 1.63 bits per heavy atom. The van der Waals surface area contributed by atoms with E-state index in [1.165, 1.54) is 21.1 Å². The molecule has 8 nitrogen and oxygen atoms in total. The van der Waals surface area contributed by atoms with Gasteiger partial charge in [-0.3, -0.25) is 13.9 Å². The molecule has 3 aliphatic rings. The lowest BCUT2D eigenvalue weighted by atomic mass is 10.1. The Hall–Kier alpha value is -3.07. The third kappa shape index (κ3) is 4.49. The number of aryl methyl sites for hydroxylation is 2. The standard InChI is InChI=1S/C26H32N4O4S/c1-19-6-9-23(20(2)17-19)27-12-14-28(15-13-27)26(32)22-8-7-21(29-10-3-5-25(29)31)18-24(22)30-11-4-16-35(30,33)34/h6-9,17-18H,3-5,10-16H2,1-2H3. The highest BCUT2D eigenvalue weighted by atomic mass is 32.2. The molecule has 0 unspecified atom stereocenters. The first-order valence-corrected chi connectivity index (χ1v) is 13.9. The number of sulfonamides is 1. The van der Waals surface area contributed by atoms with Crippen molar-refractivity contribution in [2.45, 2.75) is 33.1 Å². The van der Waals surface area contributed by atoms with Crippen LogP contribution >= 0.6 is 0 Å². The van der Waals surface area contributed by atoms with Gasteiger partial charge in [0.1, 0.15) is 0 Å². The Kier molecular flexibility index (Phi) is 6.21. The van der Waals surface area contributed by atoms with Gasteiger partial charge in [-0.1, -0.05) is 17.7 Å². The van der Waals surface area contributed by atoms with E-state index in [0.717, 1.165) is 6.42 Å². The van der Waals surface area contributed by atoms with Crippen LogP contribution in [0.15, 0.2) is 36.4 Å². The number of hydrogen-bond acceptors (Lipinski definition) is 5. The summed E-state index contributed by atoms with van der Waals surface area (Å²) in [6.07, 6.45) is 1.79. The highest BCUT2D eigenvalue weighted by molar-refractivity contribution is 7.93. The molecule has 2 aromatic rings. The van der Waals surface area contributed by atoms with Gasteiger partial charge in [-0.25, -0.2) is 8.42 Å². The maximum atomic E-state index is 13.6. The summed E-state index contributed by atoms with van der Waals surface area (Å²) in [6, 6.07) is 11.6. The topological polar surface area (TPSA) is 81.2 Å². The van der Waals surface area contributed by atoms with Crippen LogP contribution in [-0.4, -0.2) is 70.2 Å². The fourth-order valence-electron chi connectivity index (χ4n) is 5.39. The highest BCUT2D eigenvalue weighted by Crippen LogP contribution is 2.34. The second-order valence-corrected chi connectivity index (χ2v) is 11.7. The van der Waals surface area contributed by atoms with E-state index < -0.39 is 10.0 Å². The lowest BCUT2D eigenvalue weighted by Gasteiger charge is -2.37. The second kappa shape index (κ2) is 9.18. The molecule has 0 atom stereocenters. The van der Waals surface area contributed by atoms with E-state index >= 15 is 0 Å². The van der Waals surface area contributed by atoms with Crippen LogP contribution in [0.1, 0.15) is 40.7 Å². The molecule has 9 heteroatoms. The number of nitrogens with zero attached hydrogens (tertiary/aromatic N) is 4. The van der Waals surface area contributed by atoms with Crippen LogP contribution in [0.25, 0.3) is 0 Å². The zero-order valence-corrected chi connectivity index (χ0v) is 21.2. The van der Waals surface area contributed by atoms with Crippen molar-refractivity contribution < 1.29 is 18.0 Å². The molecular formula is C26H32N4O4S. The molecule has 0 saturated carbocycles. The molecule has 0 bridgehead atoms. The summed E-state index contributed by atoms with van der Waals surface area (Å²) in [6.45, 7) is 7.70. The Morgan fingerprint density at radius 1 is 0.857 bits per heavy atom. The van der Waals surface area contributed by atoms with Gasteiger partial charge in [0.05, 0.1) is 17.0 Å². The second-order valence-electron chi connectivity index (χ2n) is 9.66. The molecule has 5 rings (SSSR count). The minimum absolute atomic E-state index is 0.0295. The van der Waals surface area contributed by atoms with E-state index in [4.69, 9.17) is 0 Å². The molecule has 2 aromatic carbocycles. The Balaban J connectivity index is 1.40. The minimum atomic E-state index is -3.48. The number of benzene rings is 2. The number of amides is 2. The van der Waals surface area contributed by atoms with E-state index in [0.29, 0.717) is 69.0 Å². The number of carbonyl (C=O) groups is 2. The van der Waals surface area contributed by atoms with Crippen molar-refractivity contribution in [2.75, 3.05) is 59.1 Å². The Labute approximate surface area is 207 Å². The number of rotatable bonds is 4. The predicted molar refractivity (Wildman–Crippen MR) is 138 cm³/mol. The number of piperazine rings is 1. The van der Waals surface area contributed by atoms with Crippen molar-refractivity contribution in [3.8, 4) is 0 Å². The number of carbonyl (C=O) groups excluding carboxylic acids is 2. The van der Waals surface area contributed by atoms with Crippen LogP contribution in [0.3, 0.4) is 0 Å². The highest BCUT2D eigenvalue weighted by Gasteiger charge is 2.34. The zero-order chi connectivity index (χ0) is 24.7. The van der Waals surface area contributed by atoms with E-state index in [1.54, 1.807) is 23.1 Å². The van der Waals surface area contributed by atoms with Gasteiger partial charge in [0.25, 0.3) is 5.91 Å². The van der Waals surface area contributed by atoms with E-state index in [1.807, 2.05) is 4.90 Å².